The van der Waals surface area contributed by atoms with E-state index in [4.69, 9.17) is 9.32 Å². The molecule has 3 aromatic carbocycles. The molecule has 0 bridgehead atoms. The number of nitrogens with zero attached hydrogens (tertiary/aromatic N) is 1. The molecule has 2 N–H and O–H groups in total. The molecule has 0 atom stereocenters. The number of anilines is 2. The van der Waals surface area contributed by atoms with Crippen molar-refractivity contribution in [2.75, 3.05) is 10.9 Å². The van der Waals surface area contributed by atoms with Gasteiger partial charge in [0.2, 0.25) is 0 Å². The van der Waals surface area contributed by atoms with Gasteiger partial charge in [-0.15, -0.1) is 14.9 Å². The predicted molar refractivity (Wildman–Crippen MR) is 157 cm³/mol. The summed E-state index contributed by atoms with van der Waals surface area (Å²) in [4.78, 5) is 18.7. The minimum Gasteiger partial charge on any atom is -0.744 e. The van der Waals surface area contributed by atoms with Gasteiger partial charge in [-0.1, -0.05) is 60.7 Å². The van der Waals surface area contributed by atoms with E-state index < -0.39 is 20.8 Å². The first-order valence-corrected chi connectivity index (χ1v) is 15.4. The first kappa shape index (κ1) is 36.0. The molecule has 0 spiro atoms. The first-order valence-electron chi connectivity index (χ1n) is 13.2. The van der Waals surface area contributed by atoms with Crippen LogP contribution in [0.3, 0.4) is 0 Å². The van der Waals surface area contributed by atoms with Gasteiger partial charge in [-0.25, -0.2) is 13.9 Å². The van der Waals surface area contributed by atoms with Crippen LogP contribution in [0.2, 0.25) is 0 Å². The van der Waals surface area contributed by atoms with Gasteiger partial charge in [0.15, 0.2) is 0 Å². The smallest absolute Gasteiger partial charge is 0.744 e. The van der Waals surface area contributed by atoms with Gasteiger partial charge in [0.1, 0.15) is 15.9 Å². The van der Waals surface area contributed by atoms with Crippen molar-refractivity contribution in [3.8, 4) is 0 Å². The zero-order valence-electron chi connectivity index (χ0n) is 24.6. The monoisotopic (exact) mass is 637 g/mol. The molecule has 5 rings (SSSR count). The van der Waals surface area contributed by atoms with Crippen molar-refractivity contribution in [3.63, 3.8) is 0 Å². The maximum Gasteiger partial charge on any atom is 1.00 e. The molecular formula is C30H29N3Na2O6S2. The summed E-state index contributed by atoms with van der Waals surface area (Å²) >= 11 is 0.910. The number of hydrazone groups is 1. The van der Waals surface area contributed by atoms with Gasteiger partial charge < -0.3 is 9.35 Å². The Bertz CT molecular complexity index is 1620. The third-order valence-electron chi connectivity index (χ3n) is 7.19. The van der Waals surface area contributed by atoms with Crippen LogP contribution in [0.5, 0.6) is 0 Å². The Labute approximate surface area is 300 Å². The molecule has 214 valence electrons. The number of rotatable bonds is 9. The number of ketones is 1. The van der Waals surface area contributed by atoms with Gasteiger partial charge in [-0.2, -0.15) is 17.3 Å². The van der Waals surface area contributed by atoms with E-state index in [-0.39, 0.29) is 81.6 Å². The van der Waals surface area contributed by atoms with Crippen molar-refractivity contribution in [3.05, 3.63) is 88.5 Å². The number of carbonyl (C=O) groups excluding carboxylic acids is 1. The number of hydrogen-bond donors (Lipinski definition) is 2. The molecule has 2 aliphatic rings. The number of carbonyl (C=O) groups is 1. The molecule has 43 heavy (non-hydrogen) atoms. The van der Waals surface area contributed by atoms with Crippen LogP contribution in [0.15, 0.2) is 69.5 Å². The van der Waals surface area contributed by atoms with E-state index in [1.165, 1.54) is 43.7 Å². The summed E-state index contributed by atoms with van der Waals surface area (Å²) < 4.78 is 40.4. The molecule has 1 fully saturated rings. The molecule has 0 heterocycles. The van der Waals surface area contributed by atoms with Crippen molar-refractivity contribution in [2.45, 2.75) is 61.7 Å². The normalized spacial score (nSPS) is 15.8. The van der Waals surface area contributed by atoms with Crippen molar-refractivity contribution in [2.24, 2.45) is 5.10 Å². The average Bonchev–Trinajstić information content (AvgIpc) is 2.96. The summed E-state index contributed by atoms with van der Waals surface area (Å²) in [6.07, 6.45) is 10.4. The maximum atomic E-state index is 13.4. The van der Waals surface area contributed by atoms with Crippen molar-refractivity contribution in [1.82, 2.24) is 0 Å². The Morgan fingerprint density at radius 3 is 2.37 bits per heavy atom. The second-order valence-corrected chi connectivity index (χ2v) is 12.3. The molecule has 0 amide bonds. The summed E-state index contributed by atoms with van der Waals surface area (Å²) in [5, 5.41) is 4.28. The van der Waals surface area contributed by atoms with Crippen molar-refractivity contribution < 1.29 is 86.2 Å². The van der Waals surface area contributed by atoms with Gasteiger partial charge in [-0.05, 0) is 68.0 Å². The molecule has 2 aliphatic carbocycles. The molecule has 1 saturated carbocycles. The fraction of sp³-hybridized carbons (Fsp3) is 0.267. The van der Waals surface area contributed by atoms with Crippen LogP contribution in [0, 0.1) is 19.9 Å². The zero-order chi connectivity index (χ0) is 29.0. The molecule has 0 aromatic heterocycles. The number of aryl methyl sites for hydroxylation is 2. The van der Waals surface area contributed by atoms with Crippen LogP contribution in [-0.2, 0) is 19.4 Å². The summed E-state index contributed by atoms with van der Waals surface area (Å²) in [6.45, 7) is 3.95. The fourth-order valence-corrected chi connectivity index (χ4v) is 5.90. The second-order valence-electron chi connectivity index (χ2n) is 10.1. The zero-order valence-corrected chi connectivity index (χ0v) is 30.2. The van der Waals surface area contributed by atoms with Gasteiger partial charge in [0.05, 0.1) is 23.4 Å². The van der Waals surface area contributed by atoms with Crippen molar-refractivity contribution >= 4 is 51.1 Å². The first-order chi connectivity index (χ1) is 19.7. The second kappa shape index (κ2) is 16.2. The third-order valence-corrected chi connectivity index (χ3v) is 8.60. The third kappa shape index (κ3) is 9.27. The molecule has 9 nitrogen and oxygen atoms in total. The average molecular weight is 638 g/mol. The van der Waals surface area contributed by atoms with Crippen molar-refractivity contribution in [1.29, 1.82) is 0 Å². The molecule has 13 heteroatoms. The van der Waals surface area contributed by atoms with E-state index >= 15 is 0 Å². The van der Waals surface area contributed by atoms with E-state index in [1.54, 1.807) is 0 Å². The number of nitrogens with one attached hydrogen (secondary N) is 2. The Balaban J connectivity index is 0.00000253. The standard InChI is InChI=1S/C30H30N3O6S2.2Na/c1-19-8-12-24(13-9-19)40-39-38-33-28-18-25(41(35,36)37)17-23-11-15-27(30(34)29(23)28)32-31-26-14-10-22(16-20(26)2)21-6-4-3-5-7-21;;/h8-14,16-18,21,31,33H,3-7H2,1-2H3,(H,35,36,37);;/q-1;2*+1/p-1. The minimum atomic E-state index is -4.82. The summed E-state index contributed by atoms with van der Waals surface area (Å²) in [5.74, 6) is 0.0318. The maximum absolute atomic E-state index is 13.4. The van der Waals surface area contributed by atoms with E-state index in [0.29, 0.717) is 5.92 Å². The summed E-state index contributed by atoms with van der Waals surface area (Å²) in [7, 11) is -4.82. The SMILES string of the molecule is Cc1ccc(SOONc2cc(S(=O)(=O)[O-])cc3c2C(=O)C(=NNc2ccc(C4CCCCC4)cc2C)[C-]=C3)cc1.[Na+].[Na+]. The van der Waals surface area contributed by atoms with E-state index in [1.807, 2.05) is 44.2 Å². The van der Waals surface area contributed by atoms with E-state index in [9.17, 15) is 17.8 Å². The number of fused-ring (bicyclic) bond motifs is 1. The number of Topliss-reactive ketones (excluding diaryl/α,β-unsaturated/α-hetero) is 1. The summed E-state index contributed by atoms with van der Waals surface area (Å²) in [6, 6.07) is 15.8. The van der Waals surface area contributed by atoms with Gasteiger partial charge in [0.25, 0.3) is 0 Å². The molecule has 0 radical (unpaired) electrons. The Kier molecular flexibility index (Phi) is 13.6. The molecular weight excluding hydrogens is 608 g/mol. The van der Waals surface area contributed by atoms with E-state index in [2.05, 4.69) is 34.2 Å². The van der Waals surface area contributed by atoms with Gasteiger partial charge >= 0.3 is 59.1 Å². The number of allylic oxidation sites excluding steroid dienone is 1. The molecule has 3 aromatic rings. The van der Waals surface area contributed by atoms with Crippen LogP contribution in [-0.4, -0.2) is 24.5 Å². The Morgan fingerprint density at radius 1 is 0.977 bits per heavy atom. The molecule has 0 saturated heterocycles. The largest absolute Gasteiger partial charge is 1.00 e. The quantitative estimate of drug-likeness (QED) is 0.0664. The Hall–Kier alpha value is -1.48. The van der Waals surface area contributed by atoms with Crippen LogP contribution in [0.25, 0.3) is 6.08 Å². The minimum absolute atomic E-state index is 0. The molecule has 0 unspecified atom stereocenters. The van der Waals surface area contributed by atoms with Crippen LogP contribution in [0.1, 0.15) is 70.6 Å². The van der Waals surface area contributed by atoms with E-state index in [0.717, 1.165) is 45.9 Å². The van der Waals surface area contributed by atoms with Crippen LogP contribution < -0.4 is 70.0 Å². The fourth-order valence-electron chi connectivity index (χ4n) is 4.97. The van der Waals surface area contributed by atoms with Crippen LogP contribution >= 0.6 is 12.0 Å². The summed E-state index contributed by atoms with van der Waals surface area (Å²) in [5.41, 5.74) is 9.72. The van der Waals surface area contributed by atoms with Gasteiger partial charge in [-0.3, -0.25) is 5.43 Å². The topological polar surface area (TPSA) is 129 Å². The predicted octanol–water partition coefficient (Wildman–Crippen LogP) is 0.726. The Morgan fingerprint density at radius 2 is 1.70 bits per heavy atom. The number of hydrogen-bond acceptors (Lipinski definition) is 10. The van der Waals surface area contributed by atoms with Crippen LogP contribution in [0.4, 0.5) is 11.4 Å². The molecule has 0 aliphatic heterocycles. The van der Waals surface area contributed by atoms with Gasteiger partial charge in [0, 0.05) is 15.5 Å². The number of benzene rings is 3.